The van der Waals surface area contributed by atoms with E-state index >= 15 is 0 Å². The highest BCUT2D eigenvalue weighted by Gasteiger charge is 2.69. The van der Waals surface area contributed by atoms with Crippen LogP contribution in [0.2, 0.25) is 0 Å². The first-order chi connectivity index (χ1) is 16.9. The molecule has 10 heteroatoms. The van der Waals surface area contributed by atoms with Gasteiger partial charge in [-0.15, -0.1) is 0 Å². The average molecular weight is 513 g/mol. The highest BCUT2D eigenvalue weighted by Crippen LogP contribution is 2.51. The number of Topliss-reactive ketones (excluding diaryl/α,β-unsaturated/α-hetero) is 4. The van der Waals surface area contributed by atoms with Gasteiger partial charge in [-0.25, -0.2) is 0 Å². The number of hydrogen-bond acceptors (Lipinski definition) is 8. The number of primary amides is 1. The Morgan fingerprint density at radius 2 is 1.83 bits per heavy atom. The molecule has 0 spiro atoms. The molecule has 0 aromatic heterocycles. The molecule has 0 saturated heterocycles. The number of fused-ring (bicyclic) bond motifs is 3. The fourth-order valence-electron chi connectivity index (χ4n) is 6.58. The Kier molecular flexibility index (Phi) is 5.59. The summed E-state index contributed by atoms with van der Waals surface area (Å²) in [6, 6.07) is 1.95. The summed E-state index contributed by atoms with van der Waals surface area (Å²) in [7, 11) is 3.10. The van der Waals surface area contributed by atoms with Crippen LogP contribution in [0.25, 0.3) is 5.57 Å². The van der Waals surface area contributed by atoms with Gasteiger partial charge in [-0.05, 0) is 61.7 Å². The van der Waals surface area contributed by atoms with Crippen molar-refractivity contribution in [1.29, 1.82) is 0 Å². The number of likely N-dealkylation sites (N-methyl/N-ethyl adjacent to an activating group) is 1. The third-order valence-electron chi connectivity index (χ3n) is 8.12. The number of phenols is 1. The normalized spacial score (nSPS) is 33.6. The van der Waals surface area contributed by atoms with Gasteiger partial charge in [0, 0.05) is 17.4 Å². The Labute approximate surface area is 211 Å². The van der Waals surface area contributed by atoms with E-state index < -0.39 is 64.4 Å². The lowest BCUT2D eigenvalue weighted by atomic mass is 9.52. The lowest BCUT2D eigenvalue weighted by Crippen LogP contribution is -2.74. The van der Waals surface area contributed by atoms with Crippen LogP contribution in [0.15, 0.2) is 29.3 Å². The van der Waals surface area contributed by atoms with Crippen molar-refractivity contribution in [3.63, 3.8) is 0 Å². The van der Waals surface area contributed by atoms with Crippen LogP contribution in [-0.4, -0.2) is 69.9 Å². The molecule has 5 rings (SSSR count). The summed E-state index contributed by atoms with van der Waals surface area (Å²) in [5.41, 5.74) is 4.72. The molecule has 4 aliphatic carbocycles. The van der Waals surface area contributed by atoms with Crippen LogP contribution in [0, 0.1) is 23.7 Å². The van der Waals surface area contributed by atoms with Crippen LogP contribution in [0.1, 0.15) is 34.3 Å². The summed E-state index contributed by atoms with van der Waals surface area (Å²) < 4.78 is 0. The first-order valence-corrected chi connectivity index (χ1v) is 12.0. The summed E-state index contributed by atoms with van der Waals surface area (Å²) in [5.74, 6) is -10.5. The molecule has 2 fully saturated rings. The van der Waals surface area contributed by atoms with Crippen molar-refractivity contribution in [3.05, 3.63) is 46.0 Å². The number of aliphatic hydroxyl groups is 1. The van der Waals surface area contributed by atoms with Gasteiger partial charge >= 0.3 is 0 Å². The van der Waals surface area contributed by atoms with Crippen molar-refractivity contribution >= 4 is 46.2 Å². The molecule has 2 saturated carbocycles. The molecule has 36 heavy (non-hydrogen) atoms. The highest BCUT2D eigenvalue weighted by molar-refractivity contribution is 6.32. The van der Waals surface area contributed by atoms with E-state index in [2.05, 4.69) is 0 Å². The maximum absolute atomic E-state index is 13.8. The Bertz CT molecular complexity index is 1330. The van der Waals surface area contributed by atoms with Crippen molar-refractivity contribution in [1.82, 2.24) is 4.90 Å². The van der Waals surface area contributed by atoms with E-state index in [9.17, 15) is 34.2 Å². The number of halogens is 1. The number of carbonyl (C=O) groups excluding carboxylic acids is 5. The van der Waals surface area contributed by atoms with E-state index in [0.717, 1.165) is 11.1 Å². The predicted octanol–water partition coefficient (Wildman–Crippen LogP) is 0.777. The number of phenolic OH excluding ortho intramolecular Hbond substituents is 1. The van der Waals surface area contributed by atoms with E-state index in [1.165, 1.54) is 11.0 Å². The third kappa shape index (κ3) is 3.19. The molecule has 4 aliphatic rings. The average Bonchev–Trinajstić information content (AvgIpc) is 3.22. The smallest absolute Gasteiger partial charge is 0.235 e. The number of amides is 1. The lowest BCUT2D eigenvalue weighted by Gasteiger charge is -2.52. The van der Waals surface area contributed by atoms with E-state index in [4.69, 9.17) is 17.3 Å². The van der Waals surface area contributed by atoms with Crippen LogP contribution in [0.5, 0.6) is 5.75 Å². The van der Waals surface area contributed by atoms with Gasteiger partial charge in [0.05, 0.1) is 17.5 Å². The van der Waals surface area contributed by atoms with Crippen molar-refractivity contribution in [2.24, 2.45) is 29.4 Å². The SMILES string of the molecule is CN(C)[C@H]1C(=O)C(C(N)=O)C(=O)[C@]2(O)C(=O)C3C(=O)c4c(O)ccc(C5=CC=C(Cl)C5)c4C[C@@H]3C[C@H]12. The number of ketones is 4. The van der Waals surface area contributed by atoms with Gasteiger partial charge in [0.2, 0.25) is 5.91 Å². The van der Waals surface area contributed by atoms with E-state index in [0.29, 0.717) is 17.0 Å². The zero-order valence-electron chi connectivity index (χ0n) is 19.7. The summed E-state index contributed by atoms with van der Waals surface area (Å²) in [4.78, 5) is 67.4. The van der Waals surface area contributed by atoms with Crippen molar-refractivity contribution in [2.45, 2.75) is 30.9 Å². The maximum Gasteiger partial charge on any atom is 0.235 e. The monoisotopic (exact) mass is 512 g/mol. The fourth-order valence-corrected chi connectivity index (χ4v) is 6.79. The molecule has 9 nitrogen and oxygen atoms in total. The largest absolute Gasteiger partial charge is 0.507 e. The topological polar surface area (TPSA) is 155 Å². The number of aromatic hydroxyl groups is 1. The number of nitrogens with two attached hydrogens (primary N) is 1. The van der Waals surface area contributed by atoms with Crippen LogP contribution in [0.4, 0.5) is 0 Å². The van der Waals surface area contributed by atoms with Crippen molar-refractivity contribution in [3.8, 4) is 5.75 Å². The van der Waals surface area contributed by atoms with E-state index in [1.807, 2.05) is 6.08 Å². The molecule has 0 heterocycles. The Morgan fingerprint density at radius 1 is 1.14 bits per heavy atom. The lowest BCUT2D eigenvalue weighted by molar-refractivity contribution is -0.181. The van der Waals surface area contributed by atoms with Crippen LogP contribution >= 0.6 is 11.6 Å². The molecular weight excluding hydrogens is 488 g/mol. The fraction of sp³-hybridized carbons (Fsp3) is 0.423. The van der Waals surface area contributed by atoms with Crippen molar-refractivity contribution in [2.75, 3.05) is 14.1 Å². The van der Waals surface area contributed by atoms with Gasteiger partial charge in [-0.3, -0.25) is 28.9 Å². The molecule has 2 unspecified atom stereocenters. The second-order valence-electron chi connectivity index (χ2n) is 10.3. The number of benzene rings is 1. The molecule has 0 radical (unpaired) electrons. The minimum Gasteiger partial charge on any atom is -0.507 e. The summed E-state index contributed by atoms with van der Waals surface area (Å²) in [6.07, 6.45) is 4.27. The van der Waals surface area contributed by atoms with Gasteiger partial charge < -0.3 is 15.9 Å². The Morgan fingerprint density at radius 3 is 2.42 bits per heavy atom. The summed E-state index contributed by atoms with van der Waals surface area (Å²) in [5, 5.41) is 22.8. The van der Waals surface area contributed by atoms with Gasteiger partial charge in [-0.2, -0.15) is 0 Å². The van der Waals surface area contributed by atoms with Gasteiger partial charge in [-0.1, -0.05) is 23.7 Å². The van der Waals surface area contributed by atoms with Crippen LogP contribution < -0.4 is 5.73 Å². The third-order valence-corrected chi connectivity index (χ3v) is 8.38. The minimum atomic E-state index is -2.73. The quantitative estimate of drug-likeness (QED) is 0.502. The Hall–Kier alpha value is -3.14. The van der Waals surface area contributed by atoms with Crippen LogP contribution in [0.3, 0.4) is 0 Å². The van der Waals surface area contributed by atoms with E-state index in [-0.39, 0.29) is 24.2 Å². The van der Waals surface area contributed by atoms with Crippen LogP contribution in [-0.2, 0) is 25.6 Å². The van der Waals surface area contributed by atoms with E-state index in [1.54, 1.807) is 26.2 Å². The predicted molar refractivity (Wildman–Crippen MR) is 128 cm³/mol. The molecular formula is C26H25ClN2O7. The minimum absolute atomic E-state index is 0.0110. The maximum atomic E-state index is 13.8. The zero-order chi connectivity index (χ0) is 26.3. The van der Waals surface area contributed by atoms with Gasteiger partial charge in [0.1, 0.15) is 5.75 Å². The van der Waals surface area contributed by atoms with Gasteiger partial charge in [0.15, 0.2) is 34.7 Å². The zero-order valence-corrected chi connectivity index (χ0v) is 20.4. The standard InChI is InChI=1S/C26H25ClN2O7/c1-29(2)20-15-9-11-8-14-13(10-3-4-12(27)7-10)5-6-16(30)18(14)21(31)17(11)23(33)26(15,36)24(34)19(22(20)32)25(28)35/h3-6,11,15,17,19-20,30,36H,7-9H2,1-2H3,(H2,28,35)/t11-,15-,17?,19?,20-,26-/m1/s1. The number of rotatable bonds is 3. The second kappa shape index (κ2) is 8.19. The number of carbonyl (C=O) groups is 5. The van der Waals surface area contributed by atoms with Crippen molar-refractivity contribution < 1.29 is 34.2 Å². The molecule has 6 atom stereocenters. The molecule has 1 aromatic rings. The number of allylic oxidation sites excluding steroid dienone is 4. The first kappa shape index (κ1) is 24.5. The molecule has 0 bridgehead atoms. The molecule has 4 N–H and O–H groups in total. The number of nitrogens with zero attached hydrogens (tertiary/aromatic N) is 1. The molecule has 188 valence electrons. The summed E-state index contributed by atoms with van der Waals surface area (Å²) >= 11 is 6.15. The Balaban J connectivity index is 1.64. The highest BCUT2D eigenvalue weighted by atomic mass is 35.5. The summed E-state index contributed by atoms with van der Waals surface area (Å²) in [6.45, 7) is 0. The molecule has 1 aromatic carbocycles. The van der Waals surface area contributed by atoms with Gasteiger partial charge in [0.25, 0.3) is 0 Å². The number of hydrogen-bond donors (Lipinski definition) is 3. The molecule has 0 aliphatic heterocycles. The molecule has 1 amide bonds. The second-order valence-corrected chi connectivity index (χ2v) is 10.7. The first-order valence-electron chi connectivity index (χ1n) is 11.6.